The molecule has 0 saturated heterocycles. The topological polar surface area (TPSA) is 104 Å². The van der Waals surface area contributed by atoms with Gasteiger partial charge in [0.15, 0.2) is 17.7 Å². The standard InChI is InChI=1S/C18H27N3O5/c1-5-12(18(23)25-10-9-24-6-2)21-16-13(7-8-14(19)20-16)26-15(11(3)4)17(21)22/h7-8,11-12,15H,5-6,9-10H2,1-4H3,(H2,19,20). The van der Waals surface area contributed by atoms with Crippen molar-refractivity contribution in [1.82, 2.24) is 4.98 Å². The van der Waals surface area contributed by atoms with Gasteiger partial charge in [-0.1, -0.05) is 20.8 Å². The largest absolute Gasteiger partial charge is 0.476 e. The maximum atomic E-state index is 13.0. The first-order valence-corrected chi connectivity index (χ1v) is 8.91. The number of aromatic nitrogens is 1. The van der Waals surface area contributed by atoms with Gasteiger partial charge in [-0.2, -0.15) is 0 Å². The van der Waals surface area contributed by atoms with E-state index in [4.69, 9.17) is 19.9 Å². The molecule has 2 N–H and O–H groups in total. The van der Waals surface area contributed by atoms with Crippen molar-refractivity contribution >= 4 is 23.5 Å². The highest BCUT2D eigenvalue weighted by atomic mass is 16.6. The Labute approximate surface area is 153 Å². The van der Waals surface area contributed by atoms with Gasteiger partial charge in [-0.3, -0.25) is 9.69 Å². The molecule has 0 saturated carbocycles. The summed E-state index contributed by atoms with van der Waals surface area (Å²) in [7, 11) is 0. The van der Waals surface area contributed by atoms with Gasteiger partial charge in [0.05, 0.1) is 6.61 Å². The number of carbonyl (C=O) groups excluding carboxylic acids is 2. The molecule has 2 unspecified atom stereocenters. The minimum absolute atomic E-state index is 0.0674. The summed E-state index contributed by atoms with van der Waals surface area (Å²) in [6.07, 6.45) is -0.321. The summed E-state index contributed by atoms with van der Waals surface area (Å²) in [4.78, 5) is 31.2. The molecular weight excluding hydrogens is 338 g/mol. The molecule has 8 nitrogen and oxygen atoms in total. The van der Waals surface area contributed by atoms with E-state index in [0.29, 0.717) is 25.4 Å². The molecule has 1 aromatic rings. The second-order valence-electron chi connectivity index (χ2n) is 6.34. The van der Waals surface area contributed by atoms with Crippen LogP contribution in [0, 0.1) is 5.92 Å². The fraction of sp³-hybridized carbons (Fsp3) is 0.611. The predicted octanol–water partition coefficient (Wildman–Crippen LogP) is 1.77. The molecule has 0 aliphatic carbocycles. The Hall–Kier alpha value is -2.35. The van der Waals surface area contributed by atoms with Gasteiger partial charge in [0.1, 0.15) is 18.5 Å². The van der Waals surface area contributed by atoms with Gasteiger partial charge in [0, 0.05) is 6.61 Å². The minimum Gasteiger partial charge on any atom is -0.476 e. The van der Waals surface area contributed by atoms with Crippen LogP contribution in [0.15, 0.2) is 12.1 Å². The Morgan fingerprint density at radius 2 is 2.08 bits per heavy atom. The lowest BCUT2D eigenvalue weighted by Gasteiger charge is -2.38. The number of carbonyl (C=O) groups is 2. The van der Waals surface area contributed by atoms with Gasteiger partial charge in [0.25, 0.3) is 5.91 Å². The molecule has 1 amide bonds. The Kier molecular flexibility index (Phi) is 6.79. The van der Waals surface area contributed by atoms with Crippen LogP contribution < -0.4 is 15.4 Å². The van der Waals surface area contributed by atoms with Crippen LogP contribution in [0.3, 0.4) is 0 Å². The monoisotopic (exact) mass is 365 g/mol. The number of ether oxygens (including phenoxy) is 3. The van der Waals surface area contributed by atoms with Crippen LogP contribution in [0.4, 0.5) is 11.6 Å². The molecule has 1 aromatic heterocycles. The van der Waals surface area contributed by atoms with E-state index in [0.717, 1.165) is 0 Å². The Morgan fingerprint density at radius 3 is 2.69 bits per heavy atom. The number of hydrogen-bond acceptors (Lipinski definition) is 7. The van der Waals surface area contributed by atoms with E-state index in [-0.39, 0.29) is 30.1 Å². The van der Waals surface area contributed by atoms with E-state index in [1.807, 2.05) is 27.7 Å². The number of hydrogen-bond donors (Lipinski definition) is 1. The molecule has 26 heavy (non-hydrogen) atoms. The summed E-state index contributed by atoms with van der Waals surface area (Å²) in [6, 6.07) is 2.47. The molecule has 2 atom stereocenters. The zero-order valence-corrected chi connectivity index (χ0v) is 15.7. The summed E-state index contributed by atoms with van der Waals surface area (Å²) in [5, 5.41) is 0. The number of pyridine rings is 1. The Balaban J connectivity index is 2.31. The number of esters is 1. The molecule has 1 aliphatic rings. The Morgan fingerprint density at radius 1 is 1.35 bits per heavy atom. The summed E-state index contributed by atoms with van der Waals surface area (Å²) >= 11 is 0. The van der Waals surface area contributed by atoms with Crippen molar-refractivity contribution in [3.8, 4) is 5.75 Å². The molecule has 0 radical (unpaired) electrons. The van der Waals surface area contributed by atoms with Crippen molar-refractivity contribution in [2.24, 2.45) is 5.92 Å². The van der Waals surface area contributed by atoms with Crippen molar-refractivity contribution in [2.45, 2.75) is 46.3 Å². The third kappa shape index (κ3) is 4.24. The molecule has 144 valence electrons. The number of nitrogens with zero attached hydrogens (tertiary/aromatic N) is 2. The van der Waals surface area contributed by atoms with Crippen LogP contribution in [0.25, 0.3) is 0 Å². The molecule has 0 bridgehead atoms. The highest BCUT2D eigenvalue weighted by Gasteiger charge is 2.43. The molecule has 0 aromatic carbocycles. The maximum Gasteiger partial charge on any atom is 0.329 e. The van der Waals surface area contributed by atoms with Crippen molar-refractivity contribution in [3.05, 3.63) is 12.1 Å². The first kappa shape index (κ1) is 20.0. The van der Waals surface area contributed by atoms with Crippen LogP contribution in [0.1, 0.15) is 34.1 Å². The second kappa shape index (κ2) is 8.84. The molecule has 0 fully saturated rings. The first-order valence-electron chi connectivity index (χ1n) is 8.91. The quantitative estimate of drug-likeness (QED) is 0.553. The lowest BCUT2D eigenvalue weighted by atomic mass is 10.0. The van der Waals surface area contributed by atoms with Crippen LogP contribution in [0.5, 0.6) is 5.75 Å². The zero-order valence-electron chi connectivity index (χ0n) is 15.7. The predicted molar refractivity (Wildman–Crippen MR) is 96.9 cm³/mol. The molecule has 2 heterocycles. The number of nitrogen functional groups attached to an aromatic ring is 1. The minimum atomic E-state index is -0.803. The van der Waals surface area contributed by atoms with Gasteiger partial charge in [-0.05, 0) is 31.4 Å². The van der Waals surface area contributed by atoms with Gasteiger partial charge in [0.2, 0.25) is 0 Å². The van der Waals surface area contributed by atoms with Gasteiger partial charge >= 0.3 is 5.97 Å². The van der Waals surface area contributed by atoms with Gasteiger partial charge < -0.3 is 19.9 Å². The van der Waals surface area contributed by atoms with Crippen molar-refractivity contribution in [2.75, 3.05) is 30.5 Å². The number of amides is 1. The van der Waals surface area contributed by atoms with Gasteiger partial charge in [-0.25, -0.2) is 9.78 Å². The maximum absolute atomic E-state index is 13.0. The third-order valence-electron chi connectivity index (χ3n) is 4.08. The van der Waals surface area contributed by atoms with Crippen LogP contribution in [0.2, 0.25) is 0 Å². The smallest absolute Gasteiger partial charge is 0.329 e. The van der Waals surface area contributed by atoms with E-state index in [1.54, 1.807) is 12.1 Å². The first-order chi connectivity index (χ1) is 12.4. The molecule has 8 heteroatoms. The Bertz CT molecular complexity index is 650. The average molecular weight is 365 g/mol. The van der Waals surface area contributed by atoms with E-state index in [1.165, 1.54) is 4.90 Å². The molecule has 2 rings (SSSR count). The molecule has 1 aliphatic heterocycles. The second-order valence-corrected chi connectivity index (χ2v) is 6.34. The fourth-order valence-corrected chi connectivity index (χ4v) is 2.76. The van der Waals surface area contributed by atoms with Crippen molar-refractivity contribution in [3.63, 3.8) is 0 Å². The van der Waals surface area contributed by atoms with E-state index in [2.05, 4.69) is 4.98 Å². The zero-order chi connectivity index (χ0) is 19.3. The molecule has 0 spiro atoms. The van der Waals surface area contributed by atoms with E-state index < -0.39 is 18.1 Å². The number of fused-ring (bicyclic) bond motifs is 1. The number of anilines is 2. The summed E-state index contributed by atoms with van der Waals surface area (Å²) in [6.45, 7) is 8.44. The lowest BCUT2D eigenvalue weighted by molar-refractivity contribution is -0.149. The molecular formula is C18H27N3O5. The summed E-state index contributed by atoms with van der Waals surface area (Å²) in [5.41, 5.74) is 5.78. The highest BCUT2D eigenvalue weighted by molar-refractivity contribution is 6.04. The number of nitrogens with two attached hydrogens (primary N) is 1. The van der Waals surface area contributed by atoms with Crippen LogP contribution in [-0.2, 0) is 19.1 Å². The van der Waals surface area contributed by atoms with E-state index >= 15 is 0 Å². The van der Waals surface area contributed by atoms with Crippen molar-refractivity contribution in [1.29, 1.82) is 0 Å². The van der Waals surface area contributed by atoms with Crippen molar-refractivity contribution < 1.29 is 23.8 Å². The third-order valence-corrected chi connectivity index (χ3v) is 4.08. The average Bonchev–Trinajstić information content (AvgIpc) is 2.60. The summed E-state index contributed by atoms with van der Waals surface area (Å²) in [5.74, 6) is 0.0350. The highest BCUT2D eigenvalue weighted by Crippen LogP contribution is 2.36. The van der Waals surface area contributed by atoms with Crippen LogP contribution >= 0.6 is 0 Å². The normalized spacial score (nSPS) is 17.7. The number of rotatable bonds is 8. The van der Waals surface area contributed by atoms with Gasteiger partial charge in [-0.15, -0.1) is 0 Å². The van der Waals surface area contributed by atoms with E-state index in [9.17, 15) is 9.59 Å². The summed E-state index contributed by atoms with van der Waals surface area (Å²) < 4.78 is 16.3. The fourth-order valence-electron chi connectivity index (χ4n) is 2.76. The van der Waals surface area contributed by atoms with Crippen LogP contribution in [-0.4, -0.2) is 48.8 Å². The SMILES string of the molecule is CCOCCOC(=O)C(CC)N1C(=O)C(C(C)C)Oc2ccc(N)nc21. The lowest BCUT2D eigenvalue weighted by Crippen LogP contribution is -2.55.